The van der Waals surface area contributed by atoms with Crippen molar-refractivity contribution >= 4 is 22.9 Å². The Morgan fingerprint density at radius 3 is 2.70 bits per heavy atom. The van der Waals surface area contributed by atoms with Crippen molar-refractivity contribution in [1.82, 2.24) is 9.66 Å². The maximum Gasteiger partial charge on any atom is 0.221 e. The van der Waals surface area contributed by atoms with Gasteiger partial charge in [0.25, 0.3) is 0 Å². The second-order valence-electron chi connectivity index (χ2n) is 4.85. The number of aryl methyl sites for hydroxylation is 2. The van der Waals surface area contributed by atoms with E-state index in [-0.39, 0.29) is 0 Å². The molecule has 0 atom stereocenters. The number of rotatable bonds is 2. The first-order chi connectivity index (χ1) is 9.65. The Bertz CT molecular complexity index is 799. The summed E-state index contributed by atoms with van der Waals surface area (Å²) in [6, 6.07) is 12.5. The Morgan fingerprint density at radius 1 is 1.15 bits per heavy atom. The third kappa shape index (κ3) is 2.16. The normalized spacial score (nSPS) is 11.5. The molecule has 0 fully saturated rings. The van der Waals surface area contributed by atoms with Gasteiger partial charge in [-0.2, -0.15) is 5.10 Å². The number of nitrogens with two attached hydrogens (primary N) is 1. The Hall–Kier alpha value is -2.62. The van der Waals surface area contributed by atoms with Crippen LogP contribution in [0.15, 0.2) is 47.7 Å². The highest BCUT2D eigenvalue weighted by atomic mass is 15.4. The smallest absolute Gasteiger partial charge is 0.221 e. The van der Waals surface area contributed by atoms with Crippen LogP contribution in [-0.4, -0.2) is 15.9 Å². The van der Waals surface area contributed by atoms with Gasteiger partial charge in [0.05, 0.1) is 18.1 Å². The van der Waals surface area contributed by atoms with Crippen molar-refractivity contribution < 1.29 is 0 Å². The van der Waals surface area contributed by atoms with Crippen molar-refractivity contribution in [1.29, 1.82) is 0 Å². The van der Waals surface area contributed by atoms with Gasteiger partial charge in [-0.3, -0.25) is 0 Å². The summed E-state index contributed by atoms with van der Waals surface area (Å²) in [7, 11) is 0. The van der Waals surface area contributed by atoms with E-state index in [0.29, 0.717) is 5.95 Å². The Kier molecular flexibility index (Phi) is 2.99. The lowest BCUT2D eigenvalue weighted by Crippen LogP contribution is -1.98. The topological polar surface area (TPSA) is 56.2 Å². The molecule has 3 aromatic rings. The fourth-order valence-electron chi connectivity index (χ4n) is 2.29. The van der Waals surface area contributed by atoms with Crippen LogP contribution in [0.25, 0.3) is 10.8 Å². The summed E-state index contributed by atoms with van der Waals surface area (Å²) in [5.41, 5.74) is 8.94. The molecule has 0 unspecified atom stereocenters. The molecule has 0 saturated heterocycles. The van der Waals surface area contributed by atoms with Gasteiger partial charge in [-0.25, -0.2) is 9.66 Å². The number of aromatic nitrogens is 2. The average molecular weight is 264 g/mol. The zero-order chi connectivity index (χ0) is 14.1. The number of nitrogens with zero attached hydrogens (tertiary/aromatic N) is 3. The molecule has 0 aliphatic rings. The molecule has 20 heavy (non-hydrogen) atoms. The SMILES string of the molecule is Cc1cn(N=Cc2c(C)ccc3ccccc23)c(N)n1. The number of anilines is 1. The number of nitrogen functional groups attached to an aromatic ring is 1. The van der Waals surface area contributed by atoms with Gasteiger partial charge in [-0.1, -0.05) is 36.4 Å². The molecule has 3 rings (SSSR count). The molecule has 0 saturated carbocycles. The van der Waals surface area contributed by atoms with E-state index >= 15 is 0 Å². The van der Waals surface area contributed by atoms with Gasteiger partial charge in [-0.05, 0) is 30.2 Å². The van der Waals surface area contributed by atoms with Gasteiger partial charge in [0.1, 0.15) is 0 Å². The van der Waals surface area contributed by atoms with Crippen LogP contribution in [0.1, 0.15) is 16.8 Å². The van der Waals surface area contributed by atoms with E-state index in [1.807, 2.05) is 31.5 Å². The second kappa shape index (κ2) is 4.81. The first kappa shape index (κ1) is 12.4. The van der Waals surface area contributed by atoms with Crippen molar-refractivity contribution in [3.05, 3.63) is 59.4 Å². The van der Waals surface area contributed by atoms with Gasteiger partial charge in [-0.15, -0.1) is 0 Å². The molecule has 1 heterocycles. The van der Waals surface area contributed by atoms with Crippen molar-refractivity contribution in [2.75, 3.05) is 5.73 Å². The first-order valence-electron chi connectivity index (χ1n) is 6.49. The van der Waals surface area contributed by atoms with Crippen molar-refractivity contribution in [3.63, 3.8) is 0 Å². The van der Waals surface area contributed by atoms with Crippen LogP contribution in [0.3, 0.4) is 0 Å². The minimum absolute atomic E-state index is 0.400. The second-order valence-corrected chi connectivity index (χ2v) is 4.85. The molecule has 100 valence electrons. The summed E-state index contributed by atoms with van der Waals surface area (Å²) in [6.07, 6.45) is 3.65. The lowest BCUT2D eigenvalue weighted by Gasteiger charge is -2.05. The van der Waals surface area contributed by atoms with Crippen LogP contribution in [0.2, 0.25) is 0 Å². The number of fused-ring (bicyclic) bond motifs is 1. The standard InChI is InChI=1S/C16H16N4/c1-11-7-8-13-5-3-4-6-14(13)15(11)9-18-20-10-12(2)19-16(20)17/h3-10H,1-2H3,(H2,17,19). The monoisotopic (exact) mass is 264 g/mol. The highest BCUT2D eigenvalue weighted by Gasteiger charge is 2.03. The zero-order valence-electron chi connectivity index (χ0n) is 11.5. The van der Waals surface area contributed by atoms with Crippen LogP contribution in [0.4, 0.5) is 5.95 Å². The Labute approximate surface area is 117 Å². The van der Waals surface area contributed by atoms with Crippen molar-refractivity contribution in [2.24, 2.45) is 5.10 Å². The zero-order valence-corrected chi connectivity index (χ0v) is 11.5. The molecular formula is C16H16N4. The van der Waals surface area contributed by atoms with Gasteiger partial charge < -0.3 is 5.73 Å². The largest absolute Gasteiger partial charge is 0.368 e. The summed E-state index contributed by atoms with van der Waals surface area (Å²) in [5, 5.41) is 6.80. The van der Waals surface area contributed by atoms with Gasteiger partial charge >= 0.3 is 0 Å². The first-order valence-corrected chi connectivity index (χ1v) is 6.49. The molecule has 1 aromatic heterocycles. The molecule has 0 radical (unpaired) electrons. The van der Waals surface area contributed by atoms with Crippen LogP contribution in [-0.2, 0) is 0 Å². The molecule has 0 bridgehead atoms. The lowest BCUT2D eigenvalue weighted by atomic mass is 10.0. The molecular weight excluding hydrogens is 248 g/mol. The predicted octanol–water partition coefficient (Wildman–Crippen LogP) is 3.12. The van der Waals surface area contributed by atoms with Crippen LogP contribution >= 0.6 is 0 Å². The summed E-state index contributed by atoms with van der Waals surface area (Å²) in [5.74, 6) is 0.400. The van der Waals surface area contributed by atoms with Crippen molar-refractivity contribution in [3.8, 4) is 0 Å². The predicted molar refractivity (Wildman–Crippen MR) is 83.1 cm³/mol. The van der Waals surface area contributed by atoms with E-state index < -0.39 is 0 Å². The summed E-state index contributed by atoms with van der Waals surface area (Å²) < 4.78 is 1.59. The molecule has 4 nitrogen and oxygen atoms in total. The molecule has 4 heteroatoms. The van der Waals surface area contributed by atoms with Crippen LogP contribution in [0.5, 0.6) is 0 Å². The van der Waals surface area contributed by atoms with E-state index in [0.717, 1.165) is 11.3 Å². The summed E-state index contributed by atoms with van der Waals surface area (Å²) in [6.45, 7) is 3.97. The third-order valence-corrected chi connectivity index (χ3v) is 3.33. The molecule has 0 aliphatic heterocycles. The molecule has 2 aromatic carbocycles. The molecule has 0 aliphatic carbocycles. The summed E-state index contributed by atoms with van der Waals surface area (Å²) in [4.78, 5) is 4.14. The summed E-state index contributed by atoms with van der Waals surface area (Å²) >= 11 is 0. The molecule has 2 N–H and O–H groups in total. The third-order valence-electron chi connectivity index (χ3n) is 3.33. The maximum absolute atomic E-state index is 5.79. The lowest BCUT2D eigenvalue weighted by molar-refractivity contribution is 0.897. The van der Waals surface area contributed by atoms with Gasteiger partial charge in [0, 0.05) is 5.56 Å². The molecule has 0 spiro atoms. The highest BCUT2D eigenvalue weighted by Crippen LogP contribution is 2.20. The average Bonchev–Trinajstić information content (AvgIpc) is 2.76. The van der Waals surface area contributed by atoms with Crippen LogP contribution in [0, 0.1) is 13.8 Å². The number of hydrogen-bond donors (Lipinski definition) is 1. The minimum Gasteiger partial charge on any atom is -0.368 e. The fraction of sp³-hybridized carbons (Fsp3) is 0.125. The van der Waals surface area contributed by atoms with Gasteiger partial charge in [0.15, 0.2) is 0 Å². The quantitative estimate of drug-likeness (QED) is 0.723. The maximum atomic E-state index is 5.79. The highest BCUT2D eigenvalue weighted by molar-refractivity contribution is 6.01. The van der Waals surface area contributed by atoms with E-state index in [4.69, 9.17) is 5.73 Å². The van der Waals surface area contributed by atoms with E-state index in [1.54, 1.807) is 4.68 Å². The number of hydrogen-bond acceptors (Lipinski definition) is 3. The van der Waals surface area contributed by atoms with E-state index in [1.165, 1.54) is 16.3 Å². The number of imidazole rings is 1. The van der Waals surface area contributed by atoms with Crippen LogP contribution < -0.4 is 5.73 Å². The van der Waals surface area contributed by atoms with Gasteiger partial charge in [0.2, 0.25) is 5.95 Å². The number of benzene rings is 2. The Balaban J connectivity index is 2.10. The van der Waals surface area contributed by atoms with E-state index in [9.17, 15) is 0 Å². The van der Waals surface area contributed by atoms with E-state index in [2.05, 4.69) is 41.3 Å². The Morgan fingerprint density at radius 2 is 1.95 bits per heavy atom. The fourth-order valence-corrected chi connectivity index (χ4v) is 2.29. The van der Waals surface area contributed by atoms with Crippen molar-refractivity contribution in [2.45, 2.75) is 13.8 Å². The minimum atomic E-state index is 0.400. The molecule has 0 amide bonds.